The molecular weight excluding hydrogens is 258 g/mol. The first-order chi connectivity index (χ1) is 9.58. The molecule has 20 heavy (non-hydrogen) atoms. The molecule has 2 rings (SSSR count). The summed E-state index contributed by atoms with van der Waals surface area (Å²) in [7, 11) is 0. The maximum atomic E-state index is 12.0. The fourth-order valence-electron chi connectivity index (χ4n) is 1.72. The van der Waals surface area contributed by atoms with Crippen LogP contribution in [0.3, 0.4) is 0 Å². The van der Waals surface area contributed by atoms with Crippen LogP contribution in [-0.4, -0.2) is 26.8 Å². The topological polar surface area (TPSA) is 84.2 Å². The van der Waals surface area contributed by atoms with Crippen molar-refractivity contribution < 1.29 is 14.7 Å². The number of rotatable bonds is 5. The molecule has 0 aliphatic heterocycles. The Kier molecular flexibility index (Phi) is 4.14. The van der Waals surface area contributed by atoms with Gasteiger partial charge in [-0.3, -0.25) is 9.48 Å². The van der Waals surface area contributed by atoms with E-state index in [0.29, 0.717) is 6.54 Å². The van der Waals surface area contributed by atoms with E-state index in [-0.39, 0.29) is 11.6 Å². The number of hydrogen-bond acceptors (Lipinski definition) is 3. The third-order valence-corrected chi connectivity index (χ3v) is 2.91. The molecule has 1 unspecified atom stereocenters. The molecule has 1 amide bonds. The van der Waals surface area contributed by atoms with Crippen LogP contribution in [0.5, 0.6) is 0 Å². The van der Waals surface area contributed by atoms with Crippen LogP contribution in [0.4, 0.5) is 0 Å². The van der Waals surface area contributed by atoms with Crippen molar-refractivity contribution in [1.29, 1.82) is 0 Å². The Morgan fingerprint density at radius 2 is 2.00 bits per heavy atom. The Morgan fingerprint density at radius 3 is 2.60 bits per heavy atom. The van der Waals surface area contributed by atoms with Crippen molar-refractivity contribution in [2.75, 3.05) is 0 Å². The minimum atomic E-state index is -1.11. The molecule has 1 heterocycles. The van der Waals surface area contributed by atoms with Gasteiger partial charge in [-0.1, -0.05) is 30.3 Å². The van der Waals surface area contributed by atoms with Gasteiger partial charge in [0, 0.05) is 12.7 Å². The van der Waals surface area contributed by atoms with Crippen molar-refractivity contribution >= 4 is 11.9 Å². The summed E-state index contributed by atoms with van der Waals surface area (Å²) in [5, 5.41) is 15.4. The number of nitrogens with zero attached hydrogens (tertiary/aromatic N) is 2. The van der Waals surface area contributed by atoms with Crippen molar-refractivity contribution in [3.8, 4) is 0 Å². The Labute approximate surface area is 116 Å². The zero-order chi connectivity index (χ0) is 14.5. The molecule has 0 bridgehead atoms. The van der Waals surface area contributed by atoms with E-state index in [4.69, 9.17) is 5.11 Å². The molecule has 0 aliphatic rings. The SMILES string of the molecule is CC(C(=O)NCc1ccccc1)n1ccc(C(=O)O)n1. The van der Waals surface area contributed by atoms with Crippen LogP contribution in [0.2, 0.25) is 0 Å². The van der Waals surface area contributed by atoms with E-state index in [1.54, 1.807) is 6.92 Å². The maximum Gasteiger partial charge on any atom is 0.356 e. The van der Waals surface area contributed by atoms with Crippen molar-refractivity contribution in [1.82, 2.24) is 15.1 Å². The third-order valence-electron chi connectivity index (χ3n) is 2.91. The smallest absolute Gasteiger partial charge is 0.356 e. The fourth-order valence-corrected chi connectivity index (χ4v) is 1.72. The molecule has 1 aromatic carbocycles. The van der Waals surface area contributed by atoms with Gasteiger partial charge in [0.2, 0.25) is 5.91 Å². The van der Waals surface area contributed by atoms with Crippen LogP contribution >= 0.6 is 0 Å². The van der Waals surface area contributed by atoms with Crippen molar-refractivity contribution in [3.63, 3.8) is 0 Å². The molecule has 2 N–H and O–H groups in total. The molecule has 1 aromatic heterocycles. The summed E-state index contributed by atoms with van der Waals surface area (Å²) in [4.78, 5) is 22.7. The zero-order valence-corrected chi connectivity index (χ0v) is 11.0. The first-order valence-corrected chi connectivity index (χ1v) is 6.18. The fraction of sp³-hybridized carbons (Fsp3) is 0.214. The van der Waals surface area contributed by atoms with E-state index in [2.05, 4.69) is 10.4 Å². The van der Waals surface area contributed by atoms with Gasteiger partial charge in [-0.2, -0.15) is 5.10 Å². The highest BCUT2D eigenvalue weighted by Gasteiger charge is 2.17. The highest BCUT2D eigenvalue weighted by Crippen LogP contribution is 2.07. The predicted octanol–water partition coefficient (Wildman–Crippen LogP) is 1.46. The number of carboxylic acid groups (broad SMARTS) is 1. The van der Waals surface area contributed by atoms with Gasteiger partial charge in [-0.25, -0.2) is 4.79 Å². The lowest BCUT2D eigenvalue weighted by atomic mass is 10.2. The summed E-state index contributed by atoms with van der Waals surface area (Å²) in [5.74, 6) is -1.32. The van der Waals surface area contributed by atoms with Crippen LogP contribution in [0.15, 0.2) is 42.6 Å². The molecule has 0 saturated carbocycles. The van der Waals surface area contributed by atoms with Gasteiger partial charge in [0.1, 0.15) is 6.04 Å². The van der Waals surface area contributed by atoms with Gasteiger partial charge in [-0.15, -0.1) is 0 Å². The van der Waals surface area contributed by atoms with Crippen LogP contribution < -0.4 is 5.32 Å². The number of carboxylic acids is 1. The lowest BCUT2D eigenvalue weighted by Gasteiger charge is -2.12. The minimum absolute atomic E-state index is 0.0762. The predicted molar refractivity (Wildman–Crippen MR) is 72.2 cm³/mol. The molecule has 6 nitrogen and oxygen atoms in total. The second-order valence-corrected chi connectivity index (χ2v) is 4.37. The van der Waals surface area contributed by atoms with Crippen LogP contribution in [-0.2, 0) is 11.3 Å². The Morgan fingerprint density at radius 1 is 1.30 bits per heavy atom. The molecule has 0 spiro atoms. The first kappa shape index (κ1) is 13.8. The zero-order valence-electron chi connectivity index (χ0n) is 11.0. The van der Waals surface area contributed by atoms with Crippen LogP contribution in [0.1, 0.15) is 29.0 Å². The van der Waals surface area contributed by atoms with Gasteiger partial charge in [0.15, 0.2) is 5.69 Å². The average Bonchev–Trinajstić information content (AvgIpc) is 2.95. The average molecular weight is 273 g/mol. The summed E-state index contributed by atoms with van der Waals surface area (Å²) in [5.41, 5.74) is 0.924. The molecule has 1 atom stereocenters. The first-order valence-electron chi connectivity index (χ1n) is 6.18. The monoisotopic (exact) mass is 273 g/mol. The lowest BCUT2D eigenvalue weighted by molar-refractivity contribution is -0.124. The highest BCUT2D eigenvalue weighted by molar-refractivity contribution is 5.85. The van der Waals surface area contributed by atoms with Crippen LogP contribution in [0.25, 0.3) is 0 Å². The lowest BCUT2D eigenvalue weighted by Crippen LogP contribution is -2.31. The Balaban J connectivity index is 1.96. The largest absolute Gasteiger partial charge is 0.476 e. The number of amides is 1. The standard InChI is InChI=1S/C14H15N3O3/c1-10(17-8-7-12(16-17)14(19)20)13(18)15-9-11-5-3-2-4-6-11/h2-8,10H,9H2,1H3,(H,15,18)(H,19,20). The van der Waals surface area contributed by atoms with E-state index >= 15 is 0 Å². The number of aromatic nitrogens is 2. The second-order valence-electron chi connectivity index (χ2n) is 4.37. The number of carbonyl (C=O) groups excluding carboxylic acids is 1. The second kappa shape index (κ2) is 6.01. The molecule has 6 heteroatoms. The van der Waals surface area contributed by atoms with E-state index in [9.17, 15) is 9.59 Å². The molecule has 2 aromatic rings. The van der Waals surface area contributed by atoms with E-state index < -0.39 is 12.0 Å². The number of carbonyl (C=O) groups is 2. The minimum Gasteiger partial charge on any atom is -0.476 e. The summed E-state index contributed by atoms with van der Waals surface area (Å²) >= 11 is 0. The maximum absolute atomic E-state index is 12.0. The molecule has 0 fully saturated rings. The van der Waals surface area contributed by atoms with Gasteiger partial charge in [0.05, 0.1) is 0 Å². The van der Waals surface area contributed by atoms with E-state index in [1.165, 1.54) is 16.9 Å². The van der Waals surface area contributed by atoms with Gasteiger partial charge >= 0.3 is 5.97 Å². The number of aromatic carboxylic acids is 1. The number of nitrogens with one attached hydrogen (secondary N) is 1. The van der Waals surface area contributed by atoms with Crippen LogP contribution in [0, 0.1) is 0 Å². The molecule has 104 valence electrons. The number of benzene rings is 1. The number of hydrogen-bond donors (Lipinski definition) is 2. The Hall–Kier alpha value is -2.63. The molecular formula is C14H15N3O3. The quantitative estimate of drug-likeness (QED) is 0.863. The normalized spacial score (nSPS) is 11.8. The van der Waals surface area contributed by atoms with Crippen molar-refractivity contribution in [2.45, 2.75) is 19.5 Å². The highest BCUT2D eigenvalue weighted by atomic mass is 16.4. The summed E-state index contributed by atoms with van der Waals surface area (Å²) in [6.07, 6.45) is 1.48. The third kappa shape index (κ3) is 3.23. The Bertz CT molecular complexity index is 607. The molecule has 0 saturated heterocycles. The summed E-state index contributed by atoms with van der Waals surface area (Å²) in [6.45, 7) is 2.09. The van der Waals surface area contributed by atoms with Gasteiger partial charge in [-0.05, 0) is 18.6 Å². The van der Waals surface area contributed by atoms with Crippen molar-refractivity contribution in [2.24, 2.45) is 0 Å². The van der Waals surface area contributed by atoms with Gasteiger partial charge in [0.25, 0.3) is 0 Å². The molecule has 0 aliphatic carbocycles. The summed E-state index contributed by atoms with van der Waals surface area (Å²) in [6, 6.07) is 10.3. The van der Waals surface area contributed by atoms with E-state index in [0.717, 1.165) is 5.56 Å². The van der Waals surface area contributed by atoms with Gasteiger partial charge < -0.3 is 10.4 Å². The summed E-state index contributed by atoms with van der Waals surface area (Å²) < 4.78 is 1.34. The van der Waals surface area contributed by atoms with E-state index in [1.807, 2.05) is 30.3 Å². The molecule has 0 radical (unpaired) electrons. The van der Waals surface area contributed by atoms with Crippen molar-refractivity contribution in [3.05, 3.63) is 53.9 Å².